The van der Waals surface area contributed by atoms with Gasteiger partial charge in [-0.1, -0.05) is 146 Å². The summed E-state index contributed by atoms with van der Waals surface area (Å²) in [4.78, 5) is 0. The third-order valence-electron chi connectivity index (χ3n) is 10.8. The van der Waals surface area contributed by atoms with Crippen molar-refractivity contribution in [1.29, 1.82) is 0 Å². The maximum absolute atomic E-state index is 6.78. The number of hydrogen-bond donors (Lipinski definition) is 0. The lowest BCUT2D eigenvalue weighted by molar-refractivity contribution is 0.435. The van der Waals surface area contributed by atoms with Gasteiger partial charge in [-0.25, -0.2) is 0 Å². The number of rotatable bonds is 4. The fraction of sp³-hybridized carbons (Fsp3) is 0.0204. The second-order valence-corrected chi connectivity index (χ2v) is 15.8. The van der Waals surface area contributed by atoms with Gasteiger partial charge < -0.3 is 4.74 Å². The molecule has 3 heterocycles. The summed E-state index contributed by atoms with van der Waals surface area (Å²) in [6, 6.07) is 66.4. The highest BCUT2D eigenvalue weighted by Gasteiger charge is 2.45. The SMILES string of the molecule is c1ccc(C2(c3ccccc3)c3ccccc3Oc3cc(-c4ccc5c(c4)sc4cc(-c6cccc7sc8ccccc8c67)ccc45)ccc32)cc1. The van der Waals surface area contributed by atoms with E-state index in [0.717, 1.165) is 28.2 Å². The van der Waals surface area contributed by atoms with Crippen molar-refractivity contribution in [2.24, 2.45) is 0 Å². The summed E-state index contributed by atoms with van der Waals surface area (Å²) in [5, 5.41) is 5.29. The summed E-state index contributed by atoms with van der Waals surface area (Å²) in [7, 11) is 0. The van der Waals surface area contributed by atoms with E-state index in [4.69, 9.17) is 4.74 Å². The predicted molar refractivity (Wildman–Crippen MR) is 221 cm³/mol. The average molecular weight is 699 g/mol. The normalized spacial score (nSPS) is 13.3. The van der Waals surface area contributed by atoms with Crippen molar-refractivity contribution in [1.82, 2.24) is 0 Å². The van der Waals surface area contributed by atoms with Crippen molar-refractivity contribution in [2.75, 3.05) is 0 Å². The number of ether oxygens (including phenoxy) is 1. The maximum atomic E-state index is 6.78. The second kappa shape index (κ2) is 11.5. The minimum absolute atomic E-state index is 0.516. The lowest BCUT2D eigenvalue weighted by Crippen LogP contribution is -2.34. The summed E-state index contributed by atoms with van der Waals surface area (Å²) >= 11 is 3.75. The van der Waals surface area contributed by atoms with E-state index < -0.39 is 5.41 Å². The van der Waals surface area contributed by atoms with E-state index in [1.807, 2.05) is 22.7 Å². The fourth-order valence-corrected chi connectivity index (χ4v) is 10.8. The Morgan fingerprint density at radius 1 is 0.365 bits per heavy atom. The Bertz CT molecular complexity index is 2950. The van der Waals surface area contributed by atoms with Crippen molar-refractivity contribution in [3.8, 4) is 33.8 Å². The summed E-state index contributed by atoms with van der Waals surface area (Å²) < 4.78 is 12.0. The van der Waals surface area contributed by atoms with Crippen molar-refractivity contribution in [3.05, 3.63) is 204 Å². The van der Waals surface area contributed by atoms with E-state index in [1.54, 1.807) is 0 Å². The summed E-state index contributed by atoms with van der Waals surface area (Å²) in [6.07, 6.45) is 0. The van der Waals surface area contributed by atoms with Crippen LogP contribution in [0.15, 0.2) is 182 Å². The Morgan fingerprint density at radius 2 is 0.942 bits per heavy atom. The Kier molecular flexibility index (Phi) is 6.57. The molecule has 52 heavy (non-hydrogen) atoms. The highest BCUT2D eigenvalue weighted by Crippen LogP contribution is 2.56. The lowest BCUT2D eigenvalue weighted by atomic mass is 9.63. The van der Waals surface area contributed by atoms with E-state index in [-0.39, 0.29) is 0 Å². The van der Waals surface area contributed by atoms with Crippen LogP contribution >= 0.6 is 22.7 Å². The molecule has 0 saturated heterocycles. The number of fused-ring (bicyclic) bond motifs is 8. The van der Waals surface area contributed by atoms with Gasteiger partial charge in [0.1, 0.15) is 11.5 Å². The van der Waals surface area contributed by atoms with Gasteiger partial charge in [-0.2, -0.15) is 0 Å². The maximum Gasteiger partial charge on any atom is 0.132 e. The monoisotopic (exact) mass is 698 g/mol. The van der Waals surface area contributed by atoms with Crippen molar-refractivity contribution >= 4 is 63.0 Å². The Morgan fingerprint density at radius 3 is 1.73 bits per heavy atom. The predicted octanol–water partition coefficient (Wildman–Crippen LogP) is 14.2. The van der Waals surface area contributed by atoms with Gasteiger partial charge in [0.15, 0.2) is 0 Å². The molecule has 0 amide bonds. The third-order valence-corrected chi connectivity index (χ3v) is 13.1. The fourth-order valence-electron chi connectivity index (χ4n) is 8.53. The quantitative estimate of drug-likeness (QED) is 0.178. The van der Waals surface area contributed by atoms with Crippen LogP contribution in [0, 0.1) is 0 Å². The van der Waals surface area contributed by atoms with Crippen LogP contribution in [-0.4, -0.2) is 0 Å². The minimum atomic E-state index is -0.516. The van der Waals surface area contributed by atoms with Gasteiger partial charge in [0.05, 0.1) is 5.41 Å². The Hall–Kier alpha value is -6.00. The molecule has 0 saturated carbocycles. The molecule has 2 aromatic heterocycles. The van der Waals surface area contributed by atoms with E-state index in [0.29, 0.717) is 0 Å². The minimum Gasteiger partial charge on any atom is -0.457 e. The molecule has 1 nitrogen and oxygen atoms in total. The van der Waals surface area contributed by atoms with E-state index >= 15 is 0 Å². The molecule has 8 aromatic carbocycles. The van der Waals surface area contributed by atoms with Crippen LogP contribution in [0.25, 0.3) is 62.6 Å². The van der Waals surface area contributed by atoms with Crippen LogP contribution in [0.5, 0.6) is 11.5 Å². The molecule has 0 spiro atoms. The first-order chi connectivity index (χ1) is 25.8. The zero-order valence-electron chi connectivity index (χ0n) is 28.0. The molecule has 0 atom stereocenters. The average Bonchev–Trinajstić information content (AvgIpc) is 3.78. The molecule has 3 heteroatoms. The number of benzene rings is 8. The van der Waals surface area contributed by atoms with E-state index in [1.165, 1.54) is 68.2 Å². The molecule has 0 fully saturated rings. The van der Waals surface area contributed by atoms with Crippen molar-refractivity contribution in [3.63, 3.8) is 0 Å². The van der Waals surface area contributed by atoms with Crippen LogP contribution in [0.1, 0.15) is 22.3 Å². The highest BCUT2D eigenvalue weighted by molar-refractivity contribution is 7.26. The first-order valence-corrected chi connectivity index (χ1v) is 19.3. The molecule has 244 valence electrons. The molecular weight excluding hydrogens is 669 g/mol. The van der Waals surface area contributed by atoms with Gasteiger partial charge >= 0.3 is 0 Å². The van der Waals surface area contributed by atoms with Crippen LogP contribution < -0.4 is 4.74 Å². The summed E-state index contributed by atoms with van der Waals surface area (Å²) in [6.45, 7) is 0. The van der Waals surface area contributed by atoms with Crippen LogP contribution in [0.2, 0.25) is 0 Å². The Balaban J connectivity index is 1.04. The molecule has 0 bridgehead atoms. The third kappa shape index (κ3) is 4.33. The summed E-state index contributed by atoms with van der Waals surface area (Å²) in [5.41, 5.74) is 9.12. The van der Waals surface area contributed by atoms with Crippen molar-refractivity contribution in [2.45, 2.75) is 5.41 Å². The standard InChI is InChI=1S/C49H30OS2/c1-3-12-34(13-4-1)49(35-14-5-2-6-15-35)40-18-8-9-19-42(40)50-43-28-31(24-27-41(43)49)32-22-25-37-38-26-23-33(30-47(38)52-46(37)29-32)36-17-11-21-45-48(36)39-16-7-10-20-44(39)51-45/h1-30H. The van der Waals surface area contributed by atoms with Gasteiger partial charge in [-0.15, -0.1) is 22.7 Å². The molecular formula is C49H30OS2. The van der Waals surface area contributed by atoms with Gasteiger partial charge in [0.2, 0.25) is 0 Å². The molecule has 0 radical (unpaired) electrons. The summed E-state index contributed by atoms with van der Waals surface area (Å²) in [5.74, 6) is 1.78. The zero-order valence-corrected chi connectivity index (χ0v) is 29.7. The lowest BCUT2D eigenvalue weighted by Gasteiger charge is -2.41. The Labute approximate surface area is 309 Å². The van der Waals surface area contributed by atoms with E-state index in [2.05, 4.69) is 182 Å². The first kappa shape index (κ1) is 29.7. The molecule has 0 aliphatic carbocycles. The van der Waals surface area contributed by atoms with Crippen LogP contribution in [0.4, 0.5) is 0 Å². The molecule has 0 N–H and O–H groups in total. The number of hydrogen-bond acceptors (Lipinski definition) is 3. The molecule has 10 aromatic rings. The topological polar surface area (TPSA) is 9.23 Å². The smallest absolute Gasteiger partial charge is 0.132 e. The van der Waals surface area contributed by atoms with E-state index in [9.17, 15) is 0 Å². The zero-order chi connectivity index (χ0) is 34.2. The highest BCUT2D eigenvalue weighted by atomic mass is 32.1. The van der Waals surface area contributed by atoms with Gasteiger partial charge in [0.25, 0.3) is 0 Å². The first-order valence-electron chi connectivity index (χ1n) is 17.7. The van der Waals surface area contributed by atoms with Gasteiger partial charge in [-0.3, -0.25) is 0 Å². The molecule has 0 unspecified atom stereocenters. The second-order valence-electron chi connectivity index (χ2n) is 13.6. The van der Waals surface area contributed by atoms with Crippen LogP contribution in [0.3, 0.4) is 0 Å². The van der Waals surface area contributed by atoms with Crippen LogP contribution in [-0.2, 0) is 5.41 Å². The number of para-hydroxylation sites is 1. The number of thiophene rings is 2. The van der Waals surface area contributed by atoms with Gasteiger partial charge in [0, 0.05) is 51.5 Å². The molecule has 11 rings (SSSR count). The molecule has 1 aliphatic heterocycles. The van der Waals surface area contributed by atoms with Gasteiger partial charge in [-0.05, 0) is 69.8 Å². The molecule has 1 aliphatic rings. The van der Waals surface area contributed by atoms with Crippen molar-refractivity contribution < 1.29 is 4.74 Å². The largest absolute Gasteiger partial charge is 0.457 e.